The Hall–Kier alpha value is -3.41. The van der Waals surface area contributed by atoms with Crippen molar-refractivity contribution in [3.8, 4) is 22.8 Å². The molecule has 0 unspecified atom stereocenters. The molecule has 1 heterocycles. The van der Waals surface area contributed by atoms with Crippen molar-refractivity contribution in [1.29, 1.82) is 0 Å². The molecule has 229 valence electrons. The predicted octanol–water partition coefficient (Wildman–Crippen LogP) is 8.06. The predicted molar refractivity (Wildman–Crippen MR) is 101 cm³/mol. The van der Waals surface area contributed by atoms with Crippen LogP contribution in [0.1, 0.15) is 32.6 Å². The fourth-order valence-corrected chi connectivity index (χ4v) is 3.29. The smallest absolute Gasteiger partial charge is 0.455 e. The average molecular weight is 668 g/mol. The second kappa shape index (κ2) is 10.5. The molecule has 0 amide bonds. The van der Waals surface area contributed by atoms with Gasteiger partial charge < -0.3 is 5.11 Å². The molecule has 2 aromatic carbocycles. The SMILES string of the molecule is O=C(c1c(-c2cc(C(F)(F)F)cc(C(F)(F)F)c2)nn(-c2cc(C(F)(F)F)cc(C(F)(F)F)c2)c1O)C(F)(F)F.[Cu]. The summed E-state index contributed by atoms with van der Waals surface area (Å²) >= 11 is 0. The number of hydrogen-bond acceptors (Lipinski definition) is 3. The van der Waals surface area contributed by atoms with E-state index in [1.807, 2.05) is 0 Å². The van der Waals surface area contributed by atoms with Gasteiger partial charge >= 0.3 is 30.9 Å². The summed E-state index contributed by atoms with van der Waals surface area (Å²) in [6.07, 6.45) is -28.2. The number of benzene rings is 2. The molecular weight excluding hydrogens is 661 g/mol. The number of carbonyl (C=O) groups is 1. The zero-order valence-electron chi connectivity index (χ0n) is 18.7. The van der Waals surface area contributed by atoms with Gasteiger partial charge in [-0.2, -0.15) is 75.6 Å². The van der Waals surface area contributed by atoms with Crippen molar-refractivity contribution in [2.75, 3.05) is 0 Å². The molecule has 1 aromatic heterocycles. The molecule has 0 atom stereocenters. The topological polar surface area (TPSA) is 55.1 Å². The molecule has 0 bridgehead atoms. The molecule has 0 saturated heterocycles. The molecule has 3 aromatic rings. The fraction of sp³-hybridized carbons (Fsp3) is 0.238. The van der Waals surface area contributed by atoms with Gasteiger partial charge in [0.25, 0.3) is 5.78 Å². The standard InChI is InChI=1S/C21H7F15N2O2.Cu/c22-17(23,24)8-1-7(2-9(3-8)18(25,26)27)14-13(15(39)21(34,35)36)16(40)38(37-14)12-5-10(19(28,29)30)4-11(6-12)20(31,32)33;/h1-6,40H;. The Kier molecular flexibility index (Phi) is 8.61. The Labute approximate surface area is 226 Å². The maximum Gasteiger partial charge on any atom is 0.455 e. The molecule has 4 nitrogen and oxygen atoms in total. The van der Waals surface area contributed by atoms with Crippen molar-refractivity contribution in [3.05, 3.63) is 64.2 Å². The first-order valence-corrected chi connectivity index (χ1v) is 9.85. The largest absolute Gasteiger partial charge is 0.493 e. The van der Waals surface area contributed by atoms with Gasteiger partial charge in [-0.1, -0.05) is 0 Å². The van der Waals surface area contributed by atoms with Crippen molar-refractivity contribution in [3.63, 3.8) is 0 Å². The minimum absolute atomic E-state index is 0. The van der Waals surface area contributed by atoms with Gasteiger partial charge in [0.05, 0.1) is 27.9 Å². The van der Waals surface area contributed by atoms with Crippen LogP contribution in [0.25, 0.3) is 16.9 Å². The number of alkyl halides is 15. The molecular formula is C21H7CuF15N2O2. The molecule has 41 heavy (non-hydrogen) atoms. The summed E-state index contributed by atoms with van der Waals surface area (Å²) in [5.74, 6) is -5.27. The van der Waals surface area contributed by atoms with Gasteiger partial charge in [-0.25, -0.2) is 0 Å². The quantitative estimate of drug-likeness (QED) is 0.175. The number of nitrogens with zero attached hydrogens (tertiary/aromatic N) is 2. The number of halogens is 15. The number of rotatable bonds is 3. The van der Waals surface area contributed by atoms with E-state index in [1.165, 1.54) is 0 Å². The first-order chi connectivity index (χ1) is 17.8. The summed E-state index contributed by atoms with van der Waals surface area (Å²) in [7, 11) is 0. The normalized spacial score (nSPS) is 13.2. The van der Waals surface area contributed by atoms with Crippen LogP contribution in [-0.4, -0.2) is 26.8 Å². The van der Waals surface area contributed by atoms with E-state index < -0.39 is 104 Å². The summed E-state index contributed by atoms with van der Waals surface area (Å²) in [6.45, 7) is 0. The van der Waals surface area contributed by atoms with E-state index in [9.17, 15) is 75.8 Å². The van der Waals surface area contributed by atoms with Crippen LogP contribution in [0.5, 0.6) is 5.88 Å². The van der Waals surface area contributed by atoms with Gasteiger partial charge in [0.1, 0.15) is 11.3 Å². The zero-order chi connectivity index (χ0) is 30.8. The van der Waals surface area contributed by atoms with Crippen LogP contribution in [-0.2, 0) is 41.8 Å². The summed E-state index contributed by atoms with van der Waals surface area (Å²) in [4.78, 5) is 12.0. The fourth-order valence-electron chi connectivity index (χ4n) is 3.29. The number of hydrogen-bond donors (Lipinski definition) is 1. The van der Waals surface area contributed by atoms with Crippen LogP contribution >= 0.6 is 0 Å². The van der Waals surface area contributed by atoms with Gasteiger partial charge in [0, 0.05) is 22.6 Å². The molecule has 0 aliphatic heterocycles. The van der Waals surface area contributed by atoms with Gasteiger partial charge in [0.2, 0.25) is 5.88 Å². The number of Topliss-reactive ketones (excluding diaryl/α,β-unsaturated/α-hetero) is 1. The third kappa shape index (κ3) is 7.09. The Balaban J connectivity index is 0.00000588. The molecule has 0 fully saturated rings. The van der Waals surface area contributed by atoms with Crippen LogP contribution in [0.4, 0.5) is 65.9 Å². The molecule has 1 radical (unpaired) electrons. The molecule has 3 rings (SSSR count). The van der Waals surface area contributed by atoms with Crippen LogP contribution in [0.15, 0.2) is 36.4 Å². The van der Waals surface area contributed by atoms with Gasteiger partial charge in [-0.3, -0.25) is 4.79 Å². The van der Waals surface area contributed by atoms with Crippen molar-refractivity contribution >= 4 is 5.78 Å². The second-order valence-electron chi connectivity index (χ2n) is 7.84. The van der Waals surface area contributed by atoms with Crippen LogP contribution in [0.3, 0.4) is 0 Å². The minimum atomic E-state index is -6.00. The van der Waals surface area contributed by atoms with Crippen LogP contribution in [0, 0.1) is 0 Å². The molecule has 1 N–H and O–H groups in total. The van der Waals surface area contributed by atoms with E-state index in [2.05, 4.69) is 5.10 Å². The zero-order valence-corrected chi connectivity index (χ0v) is 19.6. The van der Waals surface area contributed by atoms with Gasteiger partial charge in [-0.05, 0) is 36.4 Å². The van der Waals surface area contributed by atoms with Gasteiger partial charge in [0.15, 0.2) is 0 Å². The maximum atomic E-state index is 13.3. The molecule has 20 heteroatoms. The Bertz CT molecular complexity index is 1400. The molecule has 0 spiro atoms. The molecule has 0 saturated carbocycles. The number of carbonyl (C=O) groups excluding carboxylic acids is 1. The van der Waals surface area contributed by atoms with Crippen molar-refractivity contribution < 1.29 is 92.8 Å². The van der Waals surface area contributed by atoms with Crippen molar-refractivity contribution in [2.45, 2.75) is 30.9 Å². The van der Waals surface area contributed by atoms with Crippen LogP contribution < -0.4 is 0 Å². The van der Waals surface area contributed by atoms with Gasteiger partial charge in [-0.15, -0.1) is 0 Å². The first-order valence-electron chi connectivity index (χ1n) is 9.85. The molecule has 0 aliphatic carbocycles. The van der Waals surface area contributed by atoms with Crippen molar-refractivity contribution in [2.24, 2.45) is 0 Å². The Morgan fingerprint density at radius 1 is 0.610 bits per heavy atom. The molecule has 0 aliphatic rings. The minimum Gasteiger partial charge on any atom is -0.493 e. The van der Waals surface area contributed by atoms with E-state index in [1.54, 1.807) is 0 Å². The Morgan fingerprint density at radius 2 is 0.951 bits per heavy atom. The maximum absolute atomic E-state index is 13.3. The summed E-state index contributed by atoms with van der Waals surface area (Å²) in [6, 6.07) is -1.70. The summed E-state index contributed by atoms with van der Waals surface area (Å²) < 4.78 is 198. The van der Waals surface area contributed by atoms with E-state index in [4.69, 9.17) is 0 Å². The van der Waals surface area contributed by atoms with Crippen molar-refractivity contribution in [1.82, 2.24) is 9.78 Å². The monoisotopic (exact) mass is 667 g/mol. The van der Waals surface area contributed by atoms with E-state index in [0.717, 1.165) is 0 Å². The van der Waals surface area contributed by atoms with E-state index in [0.29, 0.717) is 0 Å². The first kappa shape index (κ1) is 33.8. The third-order valence-electron chi connectivity index (χ3n) is 5.02. The third-order valence-corrected chi connectivity index (χ3v) is 5.02. The summed E-state index contributed by atoms with van der Waals surface area (Å²) in [5, 5.41) is 13.3. The second-order valence-corrected chi connectivity index (χ2v) is 7.84. The Morgan fingerprint density at radius 3 is 1.27 bits per heavy atom. The number of aromatic hydroxyl groups is 1. The van der Waals surface area contributed by atoms with Crippen LogP contribution in [0.2, 0.25) is 0 Å². The average Bonchev–Trinajstić information content (AvgIpc) is 3.11. The number of ketones is 1. The summed E-state index contributed by atoms with van der Waals surface area (Å²) in [5.41, 5.74) is -15.4. The van der Waals surface area contributed by atoms with E-state index in [-0.39, 0.29) is 41.3 Å². The number of aromatic nitrogens is 2. The van der Waals surface area contributed by atoms with E-state index >= 15 is 0 Å².